The number of methoxy groups -OCH3 is 1. The molecule has 18 heavy (non-hydrogen) atoms. The molecule has 5 heteroatoms. The average molecular weight is 256 g/mol. The summed E-state index contributed by atoms with van der Waals surface area (Å²) < 4.78 is 5.46. The van der Waals surface area contributed by atoms with Gasteiger partial charge in [0.05, 0.1) is 6.10 Å². The number of likely N-dealkylation sites (tertiary alicyclic amines) is 1. The van der Waals surface area contributed by atoms with Crippen LogP contribution in [-0.2, 0) is 9.53 Å². The number of hydrogen-bond acceptors (Lipinski definition) is 4. The zero-order valence-corrected chi connectivity index (χ0v) is 11.3. The highest BCUT2D eigenvalue weighted by molar-refractivity contribution is 5.73. The Morgan fingerprint density at radius 3 is 2.78 bits per heavy atom. The van der Waals surface area contributed by atoms with Crippen molar-refractivity contribution in [2.45, 2.75) is 44.4 Å². The zero-order chi connectivity index (χ0) is 13.1. The molecule has 5 nitrogen and oxygen atoms in total. The molecule has 0 aromatic heterocycles. The normalized spacial score (nSPS) is 31.2. The second kappa shape index (κ2) is 5.99. The summed E-state index contributed by atoms with van der Waals surface area (Å²) in [7, 11) is 1.74. The van der Waals surface area contributed by atoms with Crippen molar-refractivity contribution in [1.82, 2.24) is 10.2 Å². The Kier molecular flexibility index (Phi) is 4.59. The zero-order valence-electron chi connectivity index (χ0n) is 11.3. The van der Waals surface area contributed by atoms with E-state index in [0.29, 0.717) is 18.5 Å². The minimum atomic E-state index is -0.741. The fourth-order valence-corrected chi connectivity index (χ4v) is 2.57. The molecule has 3 unspecified atom stereocenters. The third kappa shape index (κ3) is 3.67. The highest BCUT2D eigenvalue weighted by Gasteiger charge is 2.32. The van der Waals surface area contributed by atoms with Crippen molar-refractivity contribution in [3.8, 4) is 0 Å². The summed E-state index contributed by atoms with van der Waals surface area (Å²) in [6.07, 6.45) is 3.53. The number of ether oxygens (including phenoxy) is 1. The summed E-state index contributed by atoms with van der Waals surface area (Å²) in [4.78, 5) is 13.4. The van der Waals surface area contributed by atoms with Crippen molar-refractivity contribution in [2.24, 2.45) is 5.92 Å². The van der Waals surface area contributed by atoms with Crippen LogP contribution in [0.25, 0.3) is 0 Å². The van der Waals surface area contributed by atoms with E-state index >= 15 is 0 Å². The van der Waals surface area contributed by atoms with Crippen LogP contribution >= 0.6 is 0 Å². The standard InChI is InChI=1S/C13H24N2O3/c1-9-5-6-15(8-12(9)18-2)7-11(13(16)17)14-10-3-4-10/h9-12,14H,3-8H2,1-2H3,(H,16,17). The highest BCUT2D eigenvalue weighted by Crippen LogP contribution is 2.22. The average Bonchev–Trinajstić information content (AvgIpc) is 3.14. The number of rotatable bonds is 6. The molecule has 0 amide bonds. The predicted octanol–water partition coefficient (Wildman–Crippen LogP) is 0.548. The van der Waals surface area contributed by atoms with E-state index in [0.717, 1.165) is 32.4 Å². The number of nitrogens with one attached hydrogen (secondary N) is 1. The SMILES string of the molecule is COC1CN(CC(NC2CC2)C(=O)O)CCC1C. The largest absolute Gasteiger partial charge is 0.480 e. The van der Waals surface area contributed by atoms with Crippen LogP contribution in [0.3, 0.4) is 0 Å². The van der Waals surface area contributed by atoms with Crippen molar-refractivity contribution in [3.05, 3.63) is 0 Å². The van der Waals surface area contributed by atoms with Crippen LogP contribution in [0.5, 0.6) is 0 Å². The van der Waals surface area contributed by atoms with Crippen LogP contribution in [-0.4, -0.2) is 60.9 Å². The molecule has 3 atom stereocenters. The first kappa shape index (κ1) is 13.8. The quantitative estimate of drug-likeness (QED) is 0.726. The number of hydrogen-bond donors (Lipinski definition) is 2. The van der Waals surface area contributed by atoms with Gasteiger partial charge in [0, 0.05) is 26.2 Å². The molecule has 1 saturated carbocycles. The Morgan fingerprint density at radius 1 is 1.50 bits per heavy atom. The summed E-state index contributed by atoms with van der Waals surface area (Å²) in [5, 5.41) is 12.4. The van der Waals surface area contributed by atoms with Crippen LogP contribution in [0.2, 0.25) is 0 Å². The molecule has 0 aromatic carbocycles. The summed E-state index contributed by atoms with van der Waals surface area (Å²) >= 11 is 0. The van der Waals surface area contributed by atoms with E-state index in [-0.39, 0.29) is 6.10 Å². The van der Waals surface area contributed by atoms with Crippen molar-refractivity contribution in [2.75, 3.05) is 26.7 Å². The van der Waals surface area contributed by atoms with Gasteiger partial charge in [0.2, 0.25) is 0 Å². The first-order chi connectivity index (χ1) is 8.60. The van der Waals surface area contributed by atoms with E-state index in [1.807, 2.05) is 0 Å². The van der Waals surface area contributed by atoms with Gasteiger partial charge in [-0.05, 0) is 31.7 Å². The molecule has 1 aliphatic heterocycles. The number of aliphatic carboxylic acids is 1. The highest BCUT2D eigenvalue weighted by atomic mass is 16.5. The second-order valence-corrected chi connectivity index (χ2v) is 5.63. The smallest absolute Gasteiger partial charge is 0.322 e. The predicted molar refractivity (Wildman–Crippen MR) is 68.6 cm³/mol. The van der Waals surface area contributed by atoms with E-state index in [9.17, 15) is 9.90 Å². The number of piperidine rings is 1. The maximum atomic E-state index is 11.2. The molecule has 2 N–H and O–H groups in total. The van der Waals surface area contributed by atoms with E-state index in [4.69, 9.17) is 4.74 Å². The van der Waals surface area contributed by atoms with Gasteiger partial charge in [-0.3, -0.25) is 9.69 Å². The molecular formula is C13H24N2O3. The first-order valence-electron chi connectivity index (χ1n) is 6.84. The molecule has 2 rings (SSSR count). The van der Waals surface area contributed by atoms with Gasteiger partial charge < -0.3 is 15.2 Å². The molecule has 0 radical (unpaired) electrons. The van der Waals surface area contributed by atoms with Crippen LogP contribution < -0.4 is 5.32 Å². The van der Waals surface area contributed by atoms with Gasteiger partial charge in [-0.2, -0.15) is 0 Å². The molecule has 2 fully saturated rings. The van der Waals surface area contributed by atoms with Crippen LogP contribution in [0.15, 0.2) is 0 Å². The third-order valence-electron chi connectivity index (χ3n) is 4.03. The molecule has 0 bridgehead atoms. The summed E-state index contributed by atoms with van der Waals surface area (Å²) in [6.45, 7) is 4.59. The minimum absolute atomic E-state index is 0.231. The lowest BCUT2D eigenvalue weighted by molar-refractivity contribution is -0.140. The van der Waals surface area contributed by atoms with E-state index in [2.05, 4.69) is 17.1 Å². The van der Waals surface area contributed by atoms with Gasteiger partial charge in [-0.15, -0.1) is 0 Å². The van der Waals surface area contributed by atoms with E-state index in [1.54, 1.807) is 7.11 Å². The molecule has 1 saturated heterocycles. The van der Waals surface area contributed by atoms with E-state index < -0.39 is 12.0 Å². The van der Waals surface area contributed by atoms with Crippen molar-refractivity contribution in [1.29, 1.82) is 0 Å². The van der Waals surface area contributed by atoms with E-state index in [1.165, 1.54) is 0 Å². The van der Waals surface area contributed by atoms with Crippen molar-refractivity contribution < 1.29 is 14.6 Å². The lowest BCUT2D eigenvalue weighted by atomic mass is 9.95. The van der Waals surface area contributed by atoms with Crippen LogP contribution in [0.4, 0.5) is 0 Å². The fourth-order valence-electron chi connectivity index (χ4n) is 2.57. The molecule has 1 heterocycles. The monoisotopic (exact) mass is 256 g/mol. The summed E-state index contributed by atoms with van der Waals surface area (Å²) in [5.74, 6) is -0.180. The third-order valence-corrected chi connectivity index (χ3v) is 4.03. The van der Waals surface area contributed by atoms with Crippen LogP contribution in [0, 0.1) is 5.92 Å². The first-order valence-corrected chi connectivity index (χ1v) is 6.84. The van der Waals surface area contributed by atoms with Crippen molar-refractivity contribution >= 4 is 5.97 Å². The van der Waals surface area contributed by atoms with Gasteiger partial charge in [-0.25, -0.2) is 0 Å². The lowest BCUT2D eigenvalue weighted by Crippen LogP contribution is -2.52. The molecule has 0 spiro atoms. The van der Waals surface area contributed by atoms with Gasteiger partial charge >= 0.3 is 5.97 Å². The molecular weight excluding hydrogens is 232 g/mol. The minimum Gasteiger partial charge on any atom is -0.480 e. The second-order valence-electron chi connectivity index (χ2n) is 5.63. The molecule has 2 aliphatic rings. The fraction of sp³-hybridized carbons (Fsp3) is 0.923. The van der Waals surface area contributed by atoms with Crippen molar-refractivity contribution in [3.63, 3.8) is 0 Å². The maximum absolute atomic E-state index is 11.2. The number of carboxylic acid groups (broad SMARTS) is 1. The van der Waals surface area contributed by atoms with Gasteiger partial charge in [-0.1, -0.05) is 6.92 Å². The number of carbonyl (C=O) groups is 1. The maximum Gasteiger partial charge on any atom is 0.322 e. The Hall–Kier alpha value is -0.650. The molecule has 0 aromatic rings. The van der Waals surface area contributed by atoms with Gasteiger partial charge in [0.15, 0.2) is 0 Å². The topological polar surface area (TPSA) is 61.8 Å². The molecule has 1 aliphatic carbocycles. The Morgan fingerprint density at radius 2 is 2.22 bits per heavy atom. The Balaban J connectivity index is 1.84. The molecule has 104 valence electrons. The Bertz CT molecular complexity index is 294. The number of nitrogens with zero attached hydrogens (tertiary/aromatic N) is 1. The lowest BCUT2D eigenvalue weighted by Gasteiger charge is -2.37. The summed E-state index contributed by atoms with van der Waals surface area (Å²) in [5.41, 5.74) is 0. The van der Waals surface area contributed by atoms with Gasteiger partial charge in [0.25, 0.3) is 0 Å². The number of carboxylic acids is 1. The Labute approximate surface area is 108 Å². The van der Waals surface area contributed by atoms with Crippen LogP contribution in [0.1, 0.15) is 26.2 Å². The van der Waals surface area contributed by atoms with Gasteiger partial charge in [0.1, 0.15) is 6.04 Å². The summed E-state index contributed by atoms with van der Waals surface area (Å²) in [6, 6.07) is -0.0172.